The van der Waals surface area contributed by atoms with E-state index in [0.717, 1.165) is 59.3 Å². The first kappa shape index (κ1) is 17.1. The summed E-state index contributed by atoms with van der Waals surface area (Å²) in [6, 6.07) is 8.27. The van der Waals surface area contributed by atoms with Crippen molar-refractivity contribution in [2.45, 2.75) is 32.2 Å². The normalized spacial score (nSPS) is 17.8. The minimum Gasteiger partial charge on any atom is -0.367 e. The first-order valence-corrected chi connectivity index (χ1v) is 9.27. The van der Waals surface area contributed by atoms with E-state index in [4.69, 9.17) is 11.6 Å². The lowest BCUT2D eigenvalue weighted by molar-refractivity contribution is 0.478. The molecule has 2 N–H and O–H groups in total. The Hall–Kier alpha value is -2.31. The number of nitrogens with zero attached hydrogens (tertiary/aromatic N) is 4. The van der Waals surface area contributed by atoms with Crippen LogP contribution in [0.2, 0.25) is 5.02 Å². The zero-order chi connectivity index (χ0) is 17.9. The Labute approximate surface area is 157 Å². The maximum Gasteiger partial charge on any atom is 0.178 e. The van der Waals surface area contributed by atoms with Gasteiger partial charge >= 0.3 is 0 Å². The highest BCUT2D eigenvalue weighted by Crippen LogP contribution is 2.21. The van der Waals surface area contributed by atoms with E-state index in [-0.39, 0.29) is 0 Å². The molecule has 0 amide bonds. The van der Waals surface area contributed by atoms with Crippen LogP contribution in [-0.2, 0) is 0 Å². The third kappa shape index (κ3) is 3.76. The molecule has 0 unspecified atom stereocenters. The Morgan fingerprint density at radius 2 is 1.92 bits per heavy atom. The number of aromatic nitrogens is 2. The summed E-state index contributed by atoms with van der Waals surface area (Å²) in [6.07, 6.45) is 4.60. The van der Waals surface area contributed by atoms with Gasteiger partial charge in [-0.3, -0.25) is 0 Å². The summed E-state index contributed by atoms with van der Waals surface area (Å²) in [7, 11) is 0. The fourth-order valence-corrected chi connectivity index (χ4v) is 3.33. The highest BCUT2D eigenvalue weighted by Gasteiger charge is 2.20. The molecule has 1 saturated heterocycles. The van der Waals surface area contributed by atoms with Gasteiger partial charge in [0, 0.05) is 23.7 Å². The first-order chi connectivity index (χ1) is 12.7. The van der Waals surface area contributed by atoms with Crippen molar-refractivity contribution < 1.29 is 0 Å². The van der Waals surface area contributed by atoms with Crippen molar-refractivity contribution in [1.29, 1.82) is 0 Å². The van der Waals surface area contributed by atoms with Crippen molar-refractivity contribution in [2.75, 3.05) is 18.4 Å². The van der Waals surface area contributed by atoms with E-state index in [1.807, 2.05) is 31.2 Å². The zero-order valence-electron chi connectivity index (χ0n) is 14.7. The fourth-order valence-electron chi connectivity index (χ4n) is 3.21. The predicted octanol–water partition coefficient (Wildman–Crippen LogP) is 3.20. The Morgan fingerprint density at radius 1 is 1.12 bits per heavy atom. The molecule has 1 fully saturated rings. The summed E-state index contributed by atoms with van der Waals surface area (Å²) in [5, 5.41) is 16.3. The number of hydrogen-bond acceptors (Lipinski definition) is 6. The lowest BCUT2D eigenvalue weighted by Gasteiger charge is -2.24. The number of anilines is 1. The molecule has 2 aliphatic rings. The molecule has 0 atom stereocenters. The molecule has 2 aliphatic heterocycles. The molecule has 2 aromatic rings. The summed E-state index contributed by atoms with van der Waals surface area (Å²) in [5.41, 5.74) is 3.78. The summed E-state index contributed by atoms with van der Waals surface area (Å²) < 4.78 is 0. The third-order valence-electron chi connectivity index (χ3n) is 4.72. The Morgan fingerprint density at radius 3 is 2.73 bits per heavy atom. The average molecular weight is 369 g/mol. The fraction of sp³-hybridized carbons (Fsp3) is 0.368. The van der Waals surface area contributed by atoms with Crippen molar-refractivity contribution in [3.63, 3.8) is 0 Å². The van der Waals surface area contributed by atoms with Crippen LogP contribution >= 0.6 is 11.6 Å². The van der Waals surface area contributed by atoms with Crippen LogP contribution in [0.5, 0.6) is 0 Å². The van der Waals surface area contributed by atoms with E-state index < -0.39 is 0 Å². The minimum absolute atomic E-state index is 0.452. The number of nitrogens with one attached hydrogen (secondary N) is 2. The van der Waals surface area contributed by atoms with Crippen LogP contribution < -0.4 is 10.6 Å². The molecule has 0 saturated carbocycles. The van der Waals surface area contributed by atoms with Gasteiger partial charge in [0.15, 0.2) is 5.82 Å². The SMILES string of the molecule is Cc1cc(C2=NN=C(c3nccc(NC4CCNCC4)n3)C2)ccc1Cl. The standard InChI is InChI=1S/C19H21ClN6/c1-12-10-13(2-3-15(12)20)16-11-17(26-25-16)19-22-9-6-18(24-19)23-14-4-7-21-8-5-14/h2-3,6,9-10,14,21H,4-5,7-8,11H2,1H3,(H,22,23,24). The molecule has 7 heteroatoms. The molecular formula is C19H21ClN6. The Balaban J connectivity index is 1.45. The highest BCUT2D eigenvalue weighted by atomic mass is 35.5. The summed E-state index contributed by atoms with van der Waals surface area (Å²) in [5.74, 6) is 1.48. The van der Waals surface area contributed by atoms with Crippen molar-refractivity contribution in [1.82, 2.24) is 15.3 Å². The third-order valence-corrected chi connectivity index (χ3v) is 5.15. The second-order valence-corrected chi connectivity index (χ2v) is 7.08. The van der Waals surface area contributed by atoms with Gasteiger partial charge < -0.3 is 10.6 Å². The molecule has 0 radical (unpaired) electrons. The second-order valence-electron chi connectivity index (χ2n) is 6.67. The lowest BCUT2D eigenvalue weighted by Crippen LogP contribution is -2.35. The molecule has 4 rings (SSSR count). The van der Waals surface area contributed by atoms with Crippen LogP contribution in [0.1, 0.15) is 36.2 Å². The van der Waals surface area contributed by atoms with Gasteiger partial charge in [0.05, 0.1) is 5.71 Å². The summed E-state index contributed by atoms with van der Waals surface area (Å²) in [4.78, 5) is 9.03. The largest absolute Gasteiger partial charge is 0.367 e. The van der Waals surface area contributed by atoms with Gasteiger partial charge in [-0.1, -0.05) is 17.7 Å². The quantitative estimate of drug-likeness (QED) is 0.869. The zero-order valence-corrected chi connectivity index (χ0v) is 15.4. The van der Waals surface area contributed by atoms with Gasteiger partial charge in [-0.2, -0.15) is 10.2 Å². The van der Waals surface area contributed by atoms with Gasteiger partial charge in [-0.25, -0.2) is 9.97 Å². The molecule has 6 nitrogen and oxygen atoms in total. The van der Waals surface area contributed by atoms with Gasteiger partial charge in [0.1, 0.15) is 11.5 Å². The molecule has 1 aromatic heterocycles. The number of rotatable bonds is 4. The van der Waals surface area contributed by atoms with E-state index >= 15 is 0 Å². The van der Waals surface area contributed by atoms with Crippen LogP contribution in [0.25, 0.3) is 0 Å². The van der Waals surface area contributed by atoms with E-state index in [0.29, 0.717) is 18.3 Å². The molecular weight excluding hydrogens is 348 g/mol. The molecule has 0 spiro atoms. The topological polar surface area (TPSA) is 74.6 Å². The van der Waals surface area contributed by atoms with Gasteiger partial charge in [-0.15, -0.1) is 0 Å². The monoisotopic (exact) mass is 368 g/mol. The lowest BCUT2D eigenvalue weighted by atomic mass is 10.0. The van der Waals surface area contributed by atoms with Crippen molar-refractivity contribution >= 4 is 28.8 Å². The molecule has 0 aliphatic carbocycles. The molecule has 0 bridgehead atoms. The van der Waals surface area contributed by atoms with Crippen LogP contribution in [0.15, 0.2) is 40.7 Å². The van der Waals surface area contributed by atoms with Crippen molar-refractivity contribution in [3.8, 4) is 0 Å². The van der Waals surface area contributed by atoms with Gasteiger partial charge in [0.2, 0.25) is 0 Å². The second kappa shape index (κ2) is 7.51. The van der Waals surface area contributed by atoms with Crippen molar-refractivity contribution in [3.05, 3.63) is 52.4 Å². The minimum atomic E-state index is 0.452. The Bertz CT molecular complexity index is 870. The van der Waals surface area contributed by atoms with Crippen LogP contribution in [0, 0.1) is 6.92 Å². The molecule has 3 heterocycles. The number of aryl methyl sites for hydroxylation is 1. The average Bonchev–Trinajstić information content (AvgIpc) is 3.15. The summed E-state index contributed by atoms with van der Waals surface area (Å²) in [6.45, 7) is 4.07. The maximum absolute atomic E-state index is 6.11. The highest BCUT2D eigenvalue weighted by molar-refractivity contribution is 6.31. The molecule has 26 heavy (non-hydrogen) atoms. The smallest absolute Gasteiger partial charge is 0.178 e. The van der Waals surface area contributed by atoms with Crippen LogP contribution in [0.4, 0.5) is 5.82 Å². The number of hydrogen-bond donors (Lipinski definition) is 2. The number of halogens is 1. The Kier molecular flexibility index (Phi) is 4.95. The van der Waals surface area contributed by atoms with Gasteiger partial charge in [0.25, 0.3) is 0 Å². The summed E-state index contributed by atoms with van der Waals surface area (Å²) >= 11 is 6.11. The maximum atomic E-state index is 6.11. The number of piperidine rings is 1. The van der Waals surface area contributed by atoms with E-state index in [1.54, 1.807) is 6.20 Å². The van der Waals surface area contributed by atoms with E-state index in [1.165, 1.54) is 0 Å². The van der Waals surface area contributed by atoms with Crippen LogP contribution in [0.3, 0.4) is 0 Å². The molecule has 1 aromatic carbocycles. The van der Waals surface area contributed by atoms with Crippen LogP contribution in [-0.4, -0.2) is 40.5 Å². The first-order valence-electron chi connectivity index (χ1n) is 8.89. The van der Waals surface area contributed by atoms with E-state index in [9.17, 15) is 0 Å². The molecule has 134 valence electrons. The van der Waals surface area contributed by atoms with Gasteiger partial charge in [-0.05, 0) is 62.2 Å². The van der Waals surface area contributed by atoms with E-state index in [2.05, 4.69) is 30.8 Å². The van der Waals surface area contributed by atoms with Crippen molar-refractivity contribution in [2.24, 2.45) is 10.2 Å². The number of benzene rings is 1. The predicted molar refractivity (Wildman–Crippen MR) is 105 cm³/mol.